The topological polar surface area (TPSA) is 100 Å². The molecule has 8 nitrogen and oxygen atoms in total. The third kappa shape index (κ3) is 4.50. The molecule has 9 heteroatoms. The van der Waals surface area contributed by atoms with Crippen molar-refractivity contribution in [1.29, 1.82) is 0 Å². The first-order valence-electron chi connectivity index (χ1n) is 8.02. The van der Waals surface area contributed by atoms with Crippen LogP contribution >= 0.6 is 0 Å². The third-order valence-corrected chi connectivity index (χ3v) is 3.82. The molecular formula is C17H22FN3O5. The Hall–Kier alpha value is -2.65. The number of nitrogens with zero attached hydrogens (tertiary/aromatic N) is 1. The van der Waals surface area contributed by atoms with E-state index in [-0.39, 0.29) is 31.0 Å². The summed E-state index contributed by atoms with van der Waals surface area (Å²) in [5, 5.41) is 15.0. The third-order valence-electron chi connectivity index (χ3n) is 3.82. The number of carbonyl (C=O) groups excluding carboxylic acids is 2. The number of β-amino-alcohol motifs (C(OH)–C–C–N with tert-alkyl or cyclic N) is 1. The molecule has 0 saturated carbocycles. The molecule has 0 unspecified atom stereocenters. The molecule has 1 aromatic carbocycles. The zero-order chi connectivity index (χ0) is 19.1. The average molecular weight is 367 g/mol. The van der Waals surface area contributed by atoms with Crippen LogP contribution in [0.1, 0.15) is 0 Å². The fraction of sp³-hybridized carbons (Fsp3) is 0.412. The number of nitrogens with one attached hydrogen (secondary N) is 2. The highest BCUT2D eigenvalue weighted by atomic mass is 19.1. The molecule has 142 valence electrons. The summed E-state index contributed by atoms with van der Waals surface area (Å²) < 4.78 is 23.4. The van der Waals surface area contributed by atoms with Crippen LogP contribution < -0.4 is 10.6 Å². The summed E-state index contributed by atoms with van der Waals surface area (Å²) in [7, 11) is 2.78. The molecular weight excluding hydrogens is 345 g/mol. The second kappa shape index (κ2) is 9.16. The Bertz CT molecular complexity index is 708. The molecule has 26 heavy (non-hydrogen) atoms. The van der Waals surface area contributed by atoms with Gasteiger partial charge in [-0.05, 0) is 18.2 Å². The summed E-state index contributed by atoms with van der Waals surface area (Å²) in [6.07, 6.45) is 0. The Morgan fingerprint density at radius 1 is 1.35 bits per heavy atom. The van der Waals surface area contributed by atoms with Crippen LogP contribution in [0.15, 0.2) is 29.5 Å². The summed E-state index contributed by atoms with van der Waals surface area (Å²) in [5.74, 6) is -1.62. The number of benzene rings is 1. The van der Waals surface area contributed by atoms with Crippen LogP contribution in [0.3, 0.4) is 0 Å². The number of rotatable bonds is 9. The number of carbonyl (C=O) groups is 2. The highest BCUT2D eigenvalue weighted by Crippen LogP contribution is 2.28. The minimum Gasteiger partial charge on any atom is -0.466 e. The second-order valence-corrected chi connectivity index (χ2v) is 5.53. The van der Waals surface area contributed by atoms with Crippen LogP contribution in [-0.4, -0.2) is 69.0 Å². The molecule has 1 heterocycles. The van der Waals surface area contributed by atoms with Crippen molar-refractivity contribution in [1.82, 2.24) is 4.90 Å². The van der Waals surface area contributed by atoms with E-state index in [0.717, 1.165) is 0 Å². The van der Waals surface area contributed by atoms with Crippen LogP contribution in [0.2, 0.25) is 0 Å². The number of methoxy groups -OCH3 is 2. The van der Waals surface area contributed by atoms with Crippen molar-refractivity contribution in [3.8, 4) is 0 Å². The zero-order valence-corrected chi connectivity index (χ0v) is 14.7. The Labute approximate surface area is 150 Å². The quantitative estimate of drug-likeness (QED) is 0.433. The summed E-state index contributed by atoms with van der Waals surface area (Å²) >= 11 is 0. The molecule has 0 bridgehead atoms. The number of aliphatic hydroxyl groups excluding tert-OH is 1. The molecule has 0 radical (unpaired) electrons. The molecule has 0 atom stereocenters. The Morgan fingerprint density at radius 3 is 2.77 bits per heavy atom. The van der Waals surface area contributed by atoms with Crippen molar-refractivity contribution in [3.05, 3.63) is 35.3 Å². The molecule has 0 aromatic heterocycles. The highest BCUT2D eigenvalue weighted by molar-refractivity contribution is 6.09. The van der Waals surface area contributed by atoms with Gasteiger partial charge in [0.05, 0.1) is 43.8 Å². The molecule has 0 spiro atoms. The second-order valence-electron chi connectivity index (χ2n) is 5.53. The molecule has 0 aliphatic carbocycles. The normalized spacial score (nSPS) is 14.0. The smallest absolute Gasteiger partial charge is 0.337 e. The minimum atomic E-state index is -0.661. The van der Waals surface area contributed by atoms with E-state index in [2.05, 4.69) is 10.6 Å². The van der Waals surface area contributed by atoms with Crippen molar-refractivity contribution in [2.75, 3.05) is 57.7 Å². The van der Waals surface area contributed by atoms with Crippen LogP contribution in [0, 0.1) is 5.82 Å². The van der Waals surface area contributed by atoms with Gasteiger partial charge in [0.2, 0.25) is 0 Å². The van der Waals surface area contributed by atoms with E-state index >= 15 is 0 Å². The van der Waals surface area contributed by atoms with Crippen LogP contribution in [0.25, 0.3) is 0 Å². The molecule has 1 amide bonds. The van der Waals surface area contributed by atoms with Gasteiger partial charge in [-0.25, -0.2) is 9.18 Å². The van der Waals surface area contributed by atoms with Gasteiger partial charge in [-0.15, -0.1) is 0 Å². The van der Waals surface area contributed by atoms with Gasteiger partial charge in [0.15, 0.2) is 0 Å². The summed E-state index contributed by atoms with van der Waals surface area (Å²) in [4.78, 5) is 25.9. The Morgan fingerprint density at radius 2 is 2.12 bits per heavy atom. The van der Waals surface area contributed by atoms with E-state index in [1.165, 1.54) is 30.2 Å². The van der Waals surface area contributed by atoms with Gasteiger partial charge in [-0.1, -0.05) is 0 Å². The van der Waals surface area contributed by atoms with E-state index in [1.54, 1.807) is 7.11 Å². The van der Waals surface area contributed by atoms with E-state index < -0.39 is 17.7 Å². The van der Waals surface area contributed by atoms with Gasteiger partial charge in [0, 0.05) is 20.2 Å². The van der Waals surface area contributed by atoms with Gasteiger partial charge in [0.25, 0.3) is 5.91 Å². The number of halogens is 1. The molecule has 1 aliphatic heterocycles. The Balaban J connectivity index is 2.32. The van der Waals surface area contributed by atoms with Gasteiger partial charge in [-0.3, -0.25) is 4.79 Å². The summed E-state index contributed by atoms with van der Waals surface area (Å²) in [5.41, 5.74) is 0.981. The van der Waals surface area contributed by atoms with Gasteiger partial charge < -0.3 is 30.1 Å². The van der Waals surface area contributed by atoms with Crippen molar-refractivity contribution in [2.24, 2.45) is 0 Å². The van der Waals surface area contributed by atoms with Crippen LogP contribution in [-0.2, 0) is 19.1 Å². The van der Waals surface area contributed by atoms with Gasteiger partial charge >= 0.3 is 5.97 Å². The summed E-state index contributed by atoms with van der Waals surface area (Å²) in [6.45, 7) is 0.764. The standard InChI is InChI=1S/C17H22FN3O5/c1-25-8-5-19-13-4-3-11(18)9-14(13)20-15-12(17(24)26-2)10-21(6-7-22)16(15)23/h3-4,9,19-20,22H,5-8,10H2,1-2H3. The van der Waals surface area contributed by atoms with E-state index in [4.69, 9.17) is 14.6 Å². The van der Waals surface area contributed by atoms with Crippen LogP contribution in [0.4, 0.5) is 15.8 Å². The van der Waals surface area contributed by atoms with E-state index in [0.29, 0.717) is 24.5 Å². The zero-order valence-electron chi connectivity index (χ0n) is 14.7. The predicted molar refractivity (Wildman–Crippen MR) is 93.1 cm³/mol. The maximum atomic E-state index is 13.7. The average Bonchev–Trinajstić information content (AvgIpc) is 2.93. The van der Waals surface area contributed by atoms with Gasteiger partial charge in [0.1, 0.15) is 11.5 Å². The van der Waals surface area contributed by atoms with Crippen molar-refractivity contribution < 1.29 is 28.6 Å². The number of aliphatic hydroxyl groups is 1. The molecule has 1 aliphatic rings. The van der Waals surface area contributed by atoms with E-state index in [9.17, 15) is 14.0 Å². The fourth-order valence-corrected chi connectivity index (χ4v) is 2.55. The largest absolute Gasteiger partial charge is 0.466 e. The number of anilines is 2. The number of hydrogen-bond donors (Lipinski definition) is 3. The van der Waals surface area contributed by atoms with Crippen LogP contribution in [0.5, 0.6) is 0 Å². The number of hydrogen-bond acceptors (Lipinski definition) is 7. The number of esters is 1. The Kier molecular flexibility index (Phi) is 6.93. The lowest BCUT2D eigenvalue weighted by Gasteiger charge is -2.17. The lowest BCUT2D eigenvalue weighted by Crippen LogP contribution is -2.31. The maximum Gasteiger partial charge on any atom is 0.337 e. The lowest BCUT2D eigenvalue weighted by molar-refractivity contribution is -0.136. The first-order valence-corrected chi connectivity index (χ1v) is 8.02. The molecule has 0 saturated heterocycles. The van der Waals surface area contributed by atoms with Gasteiger partial charge in [-0.2, -0.15) is 0 Å². The maximum absolute atomic E-state index is 13.7. The molecule has 1 aromatic rings. The fourth-order valence-electron chi connectivity index (χ4n) is 2.55. The first kappa shape index (κ1) is 19.7. The first-order chi connectivity index (χ1) is 12.5. The predicted octanol–water partition coefficient (Wildman–Crippen LogP) is 0.557. The molecule has 0 fully saturated rings. The molecule has 3 N–H and O–H groups in total. The number of ether oxygens (including phenoxy) is 2. The van der Waals surface area contributed by atoms with E-state index in [1.807, 2.05) is 0 Å². The lowest BCUT2D eigenvalue weighted by atomic mass is 10.2. The van der Waals surface area contributed by atoms with Crippen molar-refractivity contribution >= 4 is 23.3 Å². The summed E-state index contributed by atoms with van der Waals surface area (Å²) in [6, 6.07) is 4.03. The minimum absolute atomic E-state index is 0.00527. The van der Waals surface area contributed by atoms with Crippen molar-refractivity contribution in [2.45, 2.75) is 0 Å². The van der Waals surface area contributed by atoms with Crippen molar-refractivity contribution in [3.63, 3.8) is 0 Å². The SMILES string of the molecule is COCCNc1ccc(F)cc1NC1=C(C(=O)OC)CN(CCO)C1=O. The highest BCUT2D eigenvalue weighted by Gasteiger charge is 2.34. The monoisotopic (exact) mass is 367 g/mol. The molecule has 2 rings (SSSR count). The number of amides is 1.